The molecule has 2 nitrogen and oxygen atoms in total. The summed E-state index contributed by atoms with van der Waals surface area (Å²) >= 11 is 0. The normalized spacial score (nSPS) is 14.8. The maximum Gasteiger partial charge on any atom is 0.0600 e. The molecule has 0 saturated carbocycles. The van der Waals surface area contributed by atoms with Gasteiger partial charge < -0.3 is 10.6 Å². The van der Waals surface area contributed by atoms with Gasteiger partial charge >= 0.3 is 0 Å². The highest BCUT2D eigenvalue weighted by molar-refractivity contribution is 5.69. The third-order valence-corrected chi connectivity index (χ3v) is 4.59. The molecular formula is C20H26N2. The smallest absolute Gasteiger partial charge is 0.0600 e. The van der Waals surface area contributed by atoms with Crippen LogP contribution in [0, 0.1) is 0 Å². The molecule has 1 saturated heterocycles. The van der Waals surface area contributed by atoms with E-state index >= 15 is 0 Å². The second kappa shape index (κ2) is 6.43. The van der Waals surface area contributed by atoms with Gasteiger partial charge in [-0.2, -0.15) is 0 Å². The lowest BCUT2D eigenvalue weighted by Gasteiger charge is -2.20. The lowest BCUT2D eigenvalue weighted by atomic mass is 9.98. The van der Waals surface area contributed by atoms with Gasteiger partial charge in [-0.25, -0.2) is 0 Å². The molecule has 2 N–H and O–H groups in total. The van der Waals surface area contributed by atoms with Crippen LogP contribution in [0.3, 0.4) is 0 Å². The van der Waals surface area contributed by atoms with Crippen molar-refractivity contribution in [2.45, 2.75) is 39.0 Å². The first kappa shape index (κ1) is 15.0. The third-order valence-electron chi connectivity index (χ3n) is 4.59. The molecule has 0 aromatic heterocycles. The van der Waals surface area contributed by atoms with E-state index in [1.54, 1.807) is 0 Å². The fourth-order valence-electron chi connectivity index (χ4n) is 3.22. The van der Waals surface area contributed by atoms with Gasteiger partial charge in [0.05, 0.1) is 11.4 Å². The Morgan fingerprint density at radius 2 is 1.59 bits per heavy atom. The Balaban J connectivity index is 1.73. The highest BCUT2D eigenvalue weighted by atomic mass is 15.1. The summed E-state index contributed by atoms with van der Waals surface area (Å²) in [6, 6.07) is 15.5. The van der Waals surface area contributed by atoms with Crippen LogP contribution < -0.4 is 10.6 Å². The average molecular weight is 294 g/mol. The molecule has 2 aromatic rings. The number of benzene rings is 2. The summed E-state index contributed by atoms with van der Waals surface area (Å²) in [6.45, 7) is 6.74. The zero-order valence-electron chi connectivity index (χ0n) is 13.7. The van der Waals surface area contributed by atoms with Crippen LogP contribution in [0.1, 0.15) is 49.3 Å². The molecule has 0 amide bonds. The Morgan fingerprint density at radius 1 is 0.955 bits per heavy atom. The van der Waals surface area contributed by atoms with Crippen LogP contribution in [-0.2, 0) is 6.42 Å². The van der Waals surface area contributed by atoms with Crippen LogP contribution in [-0.4, -0.2) is 13.1 Å². The molecule has 0 atom stereocenters. The molecule has 0 unspecified atom stereocenters. The maximum atomic E-state index is 6.28. The predicted octanol–water partition coefficient (Wildman–Crippen LogP) is 4.58. The first-order valence-corrected chi connectivity index (χ1v) is 8.35. The molecule has 2 heteroatoms. The maximum absolute atomic E-state index is 6.28. The molecule has 0 bridgehead atoms. The molecule has 3 rings (SSSR count). The van der Waals surface area contributed by atoms with Crippen molar-refractivity contribution in [3.05, 3.63) is 59.2 Å². The minimum absolute atomic E-state index is 0.587. The number of nitrogen functional groups attached to an aromatic ring is 1. The Kier molecular flexibility index (Phi) is 4.37. The number of rotatable bonds is 4. The van der Waals surface area contributed by atoms with E-state index in [4.69, 9.17) is 5.73 Å². The fraction of sp³-hybridized carbons (Fsp3) is 0.400. The SMILES string of the molecule is CC(C)c1ccc(Cc2ccc(N3CCCC3)c(N)c2)cc1. The third kappa shape index (κ3) is 3.27. The van der Waals surface area contributed by atoms with Crippen molar-refractivity contribution < 1.29 is 0 Å². The van der Waals surface area contributed by atoms with Crippen LogP contribution in [0.5, 0.6) is 0 Å². The second-order valence-electron chi connectivity index (χ2n) is 6.66. The summed E-state index contributed by atoms with van der Waals surface area (Å²) in [4.78, 5) is 2.40. The van der Waals surface area contributed by atoms with Gasteiger partial charge in [0.2, 0.25) is 0 Å². The van der Waals surface area contributed by atoms with Gasteiger partial charge in [0.15, 0.2) is 0 Å². The van der Waals surface area contributed by atoms with Crippen molar-refractivity contribution in [1.82, 2.24) is 0 Å². The van der Waals surface area contributed by atoms with E-state index in [1.807, 2.05) is 0 Å². The van der Waals surface area contributed by atoms with Gasteiger partial charge in [-0.05, 0) is 54.0 Å². The zero-order valence-corrected chi connectivity index (χ0v) is 13.7. The van der Waals surface area contributed by atoms with E-state index in [0.29, 0.717) is 5.92 Å². The summed E-state index contributed by atoms with van der Waals surface area (Å²) in [5, 5.41) is 0. The lowest BCUT2D eigenvalue weighted by molar-refractivity contribution is 0.865. The molecule has 0 spiro atoms. The largest absolute Gasteiger partial charge is 0.397 e. The van der Waals surface area contributed by atoms with E-state index in [9.17, 15) is 0 Å². The predicted molar refractivity (Wildman–Crippen MR) is 95.6 cm³/mol. The summed E-state index contributed by atoms with van der Waals surface area (Å²) in [5.74, 6) is 0.587. The lowest BCUT2D eigenvalue weighted by Crippen LogP contribution is -2.19. The van der Waals surface area contributed by atoms with E-state index in [-0.39, 0.29) is 0 Å². The van der Waals surface area contributed by atoms with Gasteiger partial charge in [0.1, 0.15) is 0 Å². The molecule has 0 aliphatic carbocycles. The molecule has 1 heterocycles. The minimum atomic E-state index is 0.587. The summed E-state index contributed by atoms with van der Waals surface area (Å²) in [5.41, 5.74) is 12.4. The summed E-state index contributed by atoms with van der Waals surface area (Å²) in [7, 11) is 0. The molecule has 116 valence electrons. The zero-order chi connectivity index (χ0) is 15.5. The number of nitrogens with zero attached hydrogens (tertiary/aromatic N) is 1. The van der Waals surface area contributed by atoms with Crippen molar-refractivity contribution in [2.24, 2.45) is 0 Å². The Hall–Kier alpha value is -1.96. The van der Waals surface area contributed by atoms with Crippen molar-refractivity contribution >= 4 is 11.4 Å². The number of hydrogen-bond acceptors (Lipinski definition) is 2. The Labute approximate surface area is 134 Å². The highest BCUT2D eigenvalue weighted by Gasteiger charge is 2.14. The van der Waals surface area contributed by atoms with Crippen LogP contribution in [0.4, 0.5) is 11.4 Å². The Morgan fingerprint density at radius 3 is 2.18 bits per heavy atom. The minimum Gasteiger partial charge on any atom is -0.397 e. The number of hydrogen-bond donors (Lipinski definition) is 1. The Bertz CT molecular complexity index is 623. The number of anilines is 2. The topological polar surface area (TPSA) is 29.3 Å². The standard InChI is InChI=1S/C20H26N2/c1-15(2)18-8-5-16(6-9-18)13-17-7-10-20(19(21)14-17)22-11-3-4-12-22/h5-10,14-15H,3-4,11-13,21H2,1-2H3. The van der Waals surface area contributed by atoms with Gasteiger partial charge in [0.25, 0.3) is 0 Å². The van der Waals surface area contributed by atoms with Crippen LogP contribution in [0.15, 0.2) is 42.5 Å². The first-order chi connectivity index (χ1) is 10.6. The van der Waals surface area contributed by atoms with Crippen LogP contribution >= 0.6 is 0 Å². The van der Waals surface area contributed by atoms with Gasteiger partial charge in [-0.1, -0.05) is 44.2 Å². The van der Waals surface area contributed by atoms with E-state index in [2.05, 4.69) is 61.2 Å². The molecule has 1 fully saturated rings. The molecule has 0 radical (unpaired) electrons. The summed E-state index contributed by atoms with van der Waals surface area (Å²) in [6.07, 6.45) is 3.51. The van der Waals surface area contributed by atoms with Gasteiger partial charge in [-0.3, -0.25) is 0 Å². The van der Waals surface area contributed by atoms with Crippen molar-refractivity contribution in [2.75, 3.05) is 23.7 Å². The molecule has 2 aromatic carbocycles. The second-order valence-corrected chi connectivity index (χ2v) is 6.66. The quantitative estimate of drug-likeness (QED) is 0.836. The van der Waals surface area contributed by atoms with Gasteiger partial charge in [-0.15, -0.1) is 0 Å². The molecule has 22 heavy (non-hydrogen) atoms. The van der Waals surface area contributed by atoms with E-state index < -0.39 is 0 Å². The van der Waals surface area contributed by atoms with Crippen molar-refractivity contribution in [3.8, 4) is 0 Å². The molecule has 1 aliphatic rings. The van der Waals surface area contributed by atoms with Crippen molar-refractivity contribution in [3.63, 3.8) is 0 Å². The van der Waals surface area contributed by atoms with Gasteiger partial charge in [0, 0.05) is 13.1 Å². The average Bonchev–Trinajstić information content (AvgIpc) is 3.02. The highest BCUT2D eigenvalue weighted by Crippen LogP contribution is 2.28. The fourth-order valence-corrected chi connectivity index (χ4v) is 3.22. The molecule has 1 aliphatic heterocycles. The molecular weight excluding hydrogens is 268 g/mol. The monoisotopic (exact) mass is 294 g/mol. The van der Waals surface area contributed by atoms with Crippen LogP contribution in [0.25, 0.3) is 0 Å². The van der Waals surface area contributed by atoms with E-state index in [0.717, 1.165) is 25.2 Å². The van der Waals surface area contributed by atoms with E-state index in [1.165, 1.54) is 35.2 Å². The number of nitrogens with two attached hydrogens (primary N) is 1. The van der Waals surface area contributed by atoms with Crippen molar-refractivity contribution in [1.29, 1.82) is 0 Å². The first-order valence-electron chi connectivity index (χ1n) is 8.35. The van der Waals surface area contributed by atoms with Crippen LogP contribution in [0.2, 0.25) is 0 Å². The summed E-state index contributed by atoms with van der Waals surface area (Å²) < 4.78 is 0.